The number of aromatic nitrogens is 3. The second kappa shape index (κ2) is 5.61. The molecule has 20 heavy (non-hydrogen) atoms. The van der Waals surface area contributed by atoms with E-state index in [0.29, 0.717) is 13.0 Å². The second-order valence-electron chi connectivity index (χ2n) is 4.71. The van der Waals surface area contributed by atoms with E-state index in [1.54, 1.807) is 12.5 Å². The molecule has 102 valence electrons. The van der Waals surface area contributed by atoms with E-state index in [1.807, 2.05) is 18.3 Å². The molecule has 0 unspecified atom stereocenters. The van der Waals surface area contributed by atoms with Crippen LogP contribution in [0.5, 0.6) is 0 Å². The maximum absolute atomic E-state index is 11.7. The summed E-state index contributed by atoms with van der Waals surface area (Å²) in [6, 6.07) is 8.18. The molecule has 0 aliphatic carbocycles. The maximum atomic E-state index is 11.7. The third-order valence-corrected chi connectivity index (χ3v) is 3.30. The topological polar surface area (TPSA) is 73.6 Å². The van der Waals surface area contributed by atoms with Crippen molar-refractivity contribution in [1.82, 2.24) is 20.3 Å². The van der Waals surface area contributed by atoms with Crippen molar-refractivity contribution in [3.05, 3.63) is 54.2 Å². The molecular weight excluding hydrogens is 252 g/mol. The van der Waals surface area contributed by atoms with Gasteiger partial charge in [-0.05, 0) is 18.1 Å². The highest BCUT2D eigenvalue weighted by Gasteiger charge is 2.06. The van der Waals surface area contributed by atoms with E-state index in [-0.39, 0.29) is 5.91 Å². The van der Waals surface area contributed by atoms with Crippen LogP contribution in [-0.2, 0) is 17.6 Å². The fourth-order valence-corrected chi connectivity index (χ4v) is 2.29. The Labute approximate surface area is 116 Å². The van der Waals surface area contributed by atoms with Crippen LogP contribution in [-0.4, -0.2) is 27.4 Å². The largest absolute Gasteiger partial charge is 0.361 e. The highest BCUT2D eigenvalue weighted by atomic mass is 16.1. The minimum atomic E-state index is 0.00842. The van der Waals surface area contributed by atoms with Gasteiger partial charge >= 0.3 is 0 Å². The Morgan fingerprint density at radius 2 is 2.15 bits per heavy atom. The molecule has 2 aromatic heterocycles. The Bertz CT molecular complexity index is 700. The third kappa shape index (κ3) is 2.71. The van der Waals surface area contributed by atoms with Crippen molar-refractivity contribution in [1.29, 1.82) is 0 Å². The van der Waals surface area contributed by atoms with Crippen LogP contribution < -0.4 is 5.32 Å². The summed E-state index contributed by atoms with van der Waals surface area (Å²) in [4.78, 5) is 21.8. The average molecular weight is 268 g/mol. The van der Waals surface area contributed by atoms with Gasteiger partial charge in [-0.1, -0.05) is 18.2 Å². The molecule has 0 saturated carbocycles. The van der Waals surface area contributed by atoms with Crippen molar-refractivity contribution in [2.45, 2.75) is 12.8 Å². The van der Waals surface area contributed by atoms with Crippen LogP contribution in [0.15, 0.2) is 43.0 Å². The van der Waals surface area contributed by atoms with Crippen molar-refractivity contribution in [2.75, 3.05) is 6.54 Å². The first-order valence-corrected chi connectivity index (χ1v) is 6.62. The molecule has 1 amide bonds. The fraction of sp³-hybridized carbons (Fsp3) is 0.200. The number of hydrogen-bond acceptors (Lipinski definition) is 2. The van der Waals surface area contributed by atoms with Crippen molar-refractivity contribution in [3.8, 4) is 0 Å². The van der Waals surface area contributed by atoms with Gasteiger partial charge in [0.15, 0.2) is 0 Å². The molecule has 3 rings (SSSR count). The van der Waals surface area contributed by atoms with Gasteiger partial charge in [-0.25, -0.2) is 4.98 Å². The van der Waals surface area contributed by atoms with Gasteiger partial charge in [-0.15, -0.1) is 0 Å². The zero-order valence-corrected chi connectivity index (χ0v) is 11.0. The van der Waals surface area contributed by atoms with Gasteiger partial charge < -0.3 is 15.3 Å². The molecule has 3 aromatic rings. The maximum Gasteiger partial charge on any atom is 0.226 e. The second-order valence-corrected chi connectivity index (χ2v) is 4.71. The highest BCUT2D eigenvalue weighted by molar-refractivity contribution is 5.83. The Morgan fingerprint density at radius 1 is 1.25 bits per heavy atom. The SMILES string of the molecule is O=C(Cc1cnc[nH]1)NCCc1c[nH]c2ccccc12. The van der Waals surface area contributed by atoms with E-state index >= 15 is 0 Å². The molecule has 0 radical (unpaired) electrons. The number of benzene rings is 1. The number of rotatable bonds is 5. The van der Waals surface area contributed by atoms with Crippen molar-refractivity contribution in [2.24, 2.45) is 0 Å². The number of carbonyl (C=O) groups is 1. The molecular formula is C15H16N4O. The van der Waals surface area contributed by atoms with E-state index in [4.69, 9.17) is 0 Å². The summed E-state index contributed by atoms with van der Waals surface area (Å²) in [7, 11) is 0. The molecule has 0 aliphatic heterocycles. The van der Waals surface area contributed by atoms with Gasteiger partial charge in [0.25, 0.3) is 0 Å². The lowest BCUT2D eigenvalue weighted by atomic mass is 10.1. The smallest absolute Gasteiger partial charge is 0.226 e. The first-order chi connectivity index (χ1) is 9.83. The standard InChI is InChI=1S/C15H16N4O/c20-15(7-12-9-16-10-19-12)17-6-5-11-8-18-14-4-2-1-3-13(11)14/h1-4,8-10,18H,5-7H2,(H,16,19)(H,17,20). The summed E-state index contributed by atoms with van der Waals surface area (Å²) in [5.41, 5.74) is 3.18. The number of carbonyl (C=O) groups excluding carboxylic acids is 1. The van der Waals surface area contributed by atoms with Crippen molar-refractivity contribution < 1.29 is 4.79 Å². The number of nitrogens with one attached hydrogen (secondary N) is 3. The normalized spacial score (nSPS) is 10.8. The van der Waals surface area contributed by atoms with Crippen LogP contribution in [0, 0.1) is 0 Å². The van der Waals surface area contributed by atoms with Crippen molar-refractivity contribution >= 4 is 16.8 Å². The first-order valence-electron chi connectivity index (χ1n) is 6.62. The Balaban J connectivity index is 1.53. The summed E-state index contributed by atoms with van der Waals surface area (Å²) in [6.45, 7) is 0.634. The van der Waals surface area contributed by atoms with E-state index in [0.717, 1.165) is 17.6 Å². The molecule has 0 spiro atoms. The van der Waals surface area contributed by atoms with Gasteiger partial charge in [0.1, 0.15) is 0 Å². The summed E-state index contributed by atoms with van der Waals surface area (Å²) < 4.78 is 0. The molecule has 0 aliphatic rings. The molecule has 0 bridgehead atoms. The first kappa shape index (κ1) is 12.5. The van der Waals surface area contributed by atoms with E-state index < -0.39 is 0 Å². The van der Waals surface area contributed by atoms with Crippen LogP contribution in [0.1, 0.15) is 11.3 Å². The zero-order chi connectivity index (χ0) is 13.8. The summed E-state index contributed by atoms with van der Waals surface area (Å²) in [6.07, 6.45) is 6.41. The Hall–Kier alpha value is -2.56. The molecule has 1 aromatic carbocycles. The monoisotopic (exact) mass is 268 g/mol. The van der Waals surface area contributed by atoms with Crippen LogP contribution in [0.25, 0.3) is 10.9 Å². The Morgan fingerprint density at radius 3 is 3.00 bits per heavy atom. The number of para-hydroxylation sites is 1. The lowest BCUT2D eigenvalue weighted by molar-refractivity contribution is -0.120. The quantitative estimate of drug-likeness (QED) is 0.660. The lowest BCUT2D eigenvalue weighted by Crippen LogP contribution is -2.27. The van der Waals surface area contributed by atoms with Crippen LogP contribution in [0.3, 0.4) is 0 Å². The summed E-state index contributed by atoms with van der Waals surface area (Å²) in [5, 5.41) is 4.14. The number of hydrogen-bond donors (Lipinski definition) is 3. The van der Waals surface area contributed by atoms with Gasteiger partial charge in [0, 0.05) is 35.5 Å². The van der Waals surface area contributed by atoms with Gasteiger partial charge in [0.05, 0.1) is 12.7 Å². The van der Waals surface area contributed by atoms with Gasteiger partial charge in [0.2, 0.25) is 5.91 Å². The lowest BCUT2D eigenvalue weighted by Gasteiger charge is -2.03. The number of H-pyrrole nitrogens is 2. The molecule has 3 N–H and O–H groups in total. The number of amides is 1. The molecule has 5 heteroatoms. The van der Waals surface area contributed by atoms with E-state index in [1.165, 1.54) is 10.9 Å². The molecule has 0 saturated heterocycles. The van der Waals surface area contributed by atoms with Crippen LogP contribution in [0.2, 0.25) is 0 Å². The summed E-state index contributed by atoms with van der Waals surface area (Å²) >= 11 is 0. The molecule has 5 nitrogen and oxygen atoms in total. The minimum absolute atomic E-state index is 0.00842. The minimum Gasteiger partial charge on any atom is -0.361 e. The van der Waals surface area contributed by atoms with Crippen LogP contribution >= 0.6 is 0 Å². The molecule has 2 heterocycles. The number of aromatic amines is 2. The van der Waals surface area contributed by atoms with Crippen LogP contribution in [0.4, 0.5) is 0 Å². The van der Waals surface area contributed by atoms with Crippen molar-refractivity contribution in [3.63, 3.8) is 0 Å². The summed E-state index contributed by atoms with van der Waals surface area (Å²) in [5.74, 6) is 0.00842. The third-order valence-electron chi connectivity index (χ3n) is 3.30. The predicted molar refractivity (Wildman–Crippen MR) is 77.3 cm³/mol. The number of nitrogens with zero attached hydrogens (tertiary/aromatic N) is 1. The van der Waals surface area contributed by atoms with Gasteiger partial charge in [-0.2, -0.15) is 0 Å². The fourth-order valence-electron chi connectivity index (χ4n) is 2.29. The molecule has 0 fully saturated rings. The van der Waals surface area contributed by atoms with E-state index in [9.17, 15) is 4.79 Å². The zero-order valence-electron chi connectivity index (χ0n) is 11.0. The number of imidazole rings is 1. The highest BCUT2D eigenvalue weighted by Crippen LogP contribution is 2.17. The van der Waals surface area contributed by atoms with Gasteiger partial charge in [-0.3, -0.25) is 4.79 Å². The average Bonchev–Trinajstić information content (AvgIpc) is 3.09. The predicted octanol–water partition coefficient (Wildman–Crippen LogP) is 1.79. The number of fused-ring (bicyclic) bond motifs is 1. The van der Waals surface area contributed by atoms with E-state index in [2.05, 4.69) is 32.4 Å². The molecule has 0 atom stereocenters. The Kier molecular flexibility index (Phi) is 3.50.